The monoisotopic (exact) mass is 357 g/mol. The van der Waals surface area contributed by atoms with Gasteiger partial charge in [-0.3, -0.25) is 9.78 Å². The van der Waals surface area contributed by atoms with Crippen LogP contribution < -0.4 is 0 Å². The lowest BCUT2D eigenvalue weighted by Gasteiger charge is -2.31. The number of thioether (sulfide) groups is 1. The van der Waals surface area contributed by atoms with Crippen LogP contribution in [0.4, 0.5) is 0 Å². The van der Waals surface area contributed by atoms with E-state index >= 15 is 0 Å². The SMILES string of the molecule is CN(C)CC1CSCCCN1C(=O)c1cncc(Br)c1. The van der Waals surface area contributed by atoms with E-state index < -0.39 is 0 Å². The zero-order valence-corrected chi connectivity index (χ0v) is 14.3. The molecule has 1 unspecified atom stereocenters. The van der Waals surface area contributed by atoms with Gasteiger partial charge in [0.25, 0.3) is 5.91 Å². The van der Waals surface area contributed by atoms with Crippen molar-refractivity contribution in [1.82, 2.24) is 14.8 Å². The standard InChI is InChI=1S/C14H20BrN3OS/c1-17(2)9-13-10-20-5-3-4-18(13)14(19)11-6-12(15)8-16-7-11/h6-8,13H,3-5,9-10H2,1-2H3. The average molecular weight is 358 g/mol. The van der Waals surface area contributed by atoms with Crippen molar-refractivity contribution in [2.75, 3.05) is 38.7 Å². The van der Waals surface area contributed by atoms with Gasteiger partial charge in [-0.25, -0.2) is 0 Å². The predicted octanol–water partition coefficient (Wildman–Crippen LogP) is 2.35. The molecule has 20 heavy (non-hydrogen) atoms. The fourth-order valence-corrected chi connectivity index (χ4v) is 3.79. The summed E-state index contributed by atoms with van der Waals surface area (Å²) < 4.78 is 0.844. The Bertz CT molecular complexity index is 469. The number of pyridine rings is 1. The first-order valence-electron chi connectivity index (χ1n) is 6.72. The summed E-state index contributed by atoms with van der Waals surface area (Å²) in [6.07, 6.45) is 4.41. The highest BCUT2D eigenvalue weighted by molar-refractivity contribution is 9.10. The fourth-order valence-electron chi connectivity index (χ4n) is 2.36. The molecule has 1 aromatic rings. The molecule has 1 fully saturated rings. The van der Waals surface area contributed by atoms with Crippen molar-refractivity contribution in [3.63, 3.8) is 0 Å². The first kappa shape index (κ1) is 15.8. The molecule has 6 heteroatoms. The second-order valence-corrected chi connectivity index (χ2v) is 7.30. The van der Waals surface area contributed by atoms with Gasteiger partial charge in [-0.05, 0) is 48.3 Å². The van der Waals surface area contributed by atoms with Gasteiger partial charge in [-0.1, -0.05) is 0 Å². The summed E-state index contributed by atoms with van der Waals surface area (Å²) in [5, 5.41) is 0. The summed E-state index contributed by atoms with van der Waals surface area (Å²) in [6, 6.07) is 2.11. The van der Waals surface area contributed by atoms with Crippen molar-refractivity contribution >= 4 is 33.6 Å². The second kappa shape index (κ2) is 7.43. The van der Waals surface area contributed by atoms with Crippen LogP contribution in [0.15, 0.2) is 22.9 Å². The molecule has 110 valence electrons. The molecule has 0 bridgehead atoms. The highest BCUT2D eigenvalue weighted by Crippen LogP contribution is 2.20. The largest absolute Gasteiger partial charge is 0.333 e. The van der Waals surface area contributed by atoms with Crippen LogP contribution in [0.2, 0.25) is 0 Å². The number of hydrogen-bond acceptors (Lipinski definition) is 4. The lowest BCUT2D eigenvalue weighted by Crippen LogP contribution is -2.46. The van der Waals surface area contributed by atoms with Gasteiger partial charge in [0.05, 0.1) is 11.6 Å². The van der Waals surface area contributed by atoms with E-state index in [1.54, 1.807) is 12.4 Å². The summed E-state index contributed by atoms with van der Waals surface area (Å²) in [4.78, 5) is 21.0. The number of aromatic nitrogens is 1. The number of likely N-dealkylation sites (N-methyl/N-ethyl adjacent to an activating group) is 1. The van der Waals surface area contributed by atoms with Crippen LogP contribution in [-0.2, 0) is 0 Å². The van der Waals surface area contributed by atoms with Crippen molar-refractivity contribution in [3.8, 4) is 0 Å². The predicted molar refractivity (Wildman–Crippen MR) is 87.3 cm³/mol. The minimum atomic E-state index is 0.0909. The van der Waals surface area contributed by atoms with Crippen LogP contribution in [0.5, 0.6) is 0 Å². The maximum atomic E-state index is 12.7. The Labute approximate surface area is 133 Å². The lowest BCUT2D eigenvalue weighted by molar-refractivity contribution is 0.0675. The van der Waals surface area contributed by atoms with Crippen molar-refractivity contribution < 1.29 is 4.79 Å². The van der Waals surface area contributed by atoms with Gasteiger partial charge in [0.1, 0.15) is 0 Å². The quantitative estimate of drug-likeness (QED) is 0.831. The number of carbonyl (C=O) groups is 1. The minimum Gasteiger partial charge on any atom is -0.333 e. The highest BCUT2D eigenvalue weighted by atomic mass is 79.9. The number of rotatable bonds is 3. The van der Waals surface area contributed by atoms with Gasteiger partial charge in [0.15, 0.2) is 0 Å². The van der Waals surface area contributed by atoms with Gasteiger partial charge in [-0.2, -0.15) is 11.8 Å². The molecular weight excluding hydrogens is 338 g/mol. The normalized spacial score (nSPS) is 20.0. The minimum absolute atomic E-state index is 0.0909. The van der Waals surface area contributed by atoms with Crippen LogP contribution in [0.3, 0.4) is 0 Å². The Morgan fingerprint density at radius 3 is 3.05 bits per heavy atom. The molecule has 1 aliphatic rings. The Morgan fingerprint density at radius 1 is 1.55 bits per heavy atom. The van der Waals surface area contributed by atoms with Crippen LogP contribution >= 0.6 is 27.7 Å². The van der Waals surface area contributed by atoms with Gasteiger partial charge in [0, 0.05) is 35.7 Å². The van der Waals surface area contributed by atoms with Crippen molar-refractivity contribution in [3.05, 3.63) is 28.5 Å². The van der Waals surface area contributed by atoms with Crippen LogP contribution in [0, 0.1) is 0 Å². The molecule has 0 aromatic carbocycles. The van der Waals surface area contributed by atoms with Gasteiger partial charge in [0.2, 0.25) is 0 Å². The summed E-state index contributed by atoms with van der Waals surface area (Å²) in [5.74, 6) is 2.23. The Hall–Kier alpha value is -0.590. The van der Waals surface area contributed by atoms with E-state index in [2.05, 4.69) is 39.9 Å². The van der Waals surface area contributed by atoms with Crippen LogP contribution in [0.25, 0.3) is 0 Å². The molecule has 0 radical (unpaired) electrons. The molecule has 1 atom stereocenters. The zero-order valence-electron chi connectivity index (χ0n) is 11.9. The van der Waals surface area contributed by atoms with Gasteiger partial charge < -0.3 is 9.80 Å². The fraction of sp³-hybridized carbons (Fsp3) is 0.571. The smallest absolute Gasteiger partial charge is 0.255 e. The van der Waals surface area contributed by atoms with Crippen LogP contribution in [-0.4, -0.2) is 65.4 Å². The molecule has 0 spiro atoms. The number of nitrogens with zero attached hydrogens (tertiary/aromatic N) is 3. The zero-order chi connectivity index (χ0) is 14.5. The van der Waals surface area contributed by atoms with E-state index in [-0.39, 0.29) is 11.9 Å². The first-order chi connectivity index (χ1) is 9.58. The average Bonchev–Trinajstić information content (AvgIpc) is 2.63. The van der Waals surface area contributed by atoms with Crippen LogP contribution in [0.1, 0.15) is 16.8 Å². The third kappa shape index (κ3) is 4.20. The lowest BCUT2D eigenvalue weighted by atomic mass is 10.2. The van der Waals surface area contributed by atoms with Gasteiger partial charge in [-0.15, -0.1) is 0 Å². The van der Waals surface area contributed by atoms with Crippen molar-refractivity contribution in [2.45, 2.75) is 12.5 Å². The van der Waals surface area contributed by atoms with E-state index in [9.17, 15) is 4.79 Å². The number of amides is 1. The molecule has 2 heterocycles. The summed E-state index contributed by atoms with van der Waals surface area (Å²) >= 11 is 5.32. The third-order valence-corrected chi connectivity index (χ3v) is 4.86. The van der Waals surface area contributed by atoms with E-state index in [1.165, 1.54) is 0 Å². The topological polar surface area (TPSA) is 36.4 Å². The van der Waals surface area contributed by atoms with E-state index in [4.69, 9.17) is 0 Å². The number of carbonyl (C=O) groups excluding carboxylic acids is 1. The van der Waals surface area contributed by atoms with Crippen molar-refractivity contribution in [1.29, 1.82) is 0 Å². The van der Waals surface area contributed by atoms with E-state index in [1.807, 2.05) is 22.7 Å². The molecule has 2 rings (SSSR count). The molecule has 1 amide bonds. The van der Waals surface area contributed by atoms with Crippen molar-refractivity contribution in [2.24, 2.45) is 0 Å². The number of halogens is 1. The highest BCUT2D eigenvalue weighted by Gasteiger charge is 2.27. The van der Waals surface area contributed by atoms with Gasteiger partial charge >= 0.3 is 0 Å². The maximum absolute atomic E-state index is 12.7. The molecular formula is C14H20BrN3OS. The van der Waals surface area contributed by atoms with E-state index in [0.29, 0.717) is 5.56 Å². The summed E-state index contributed by atoms with van der Waals surface area (Å²) in [5.41, 5.74) is 0.662. The molecule has 0 N–H and O–H groups in total. The molecule has 0 saturated carbocycles. The summed E-state index contributed by atoms with van der Waals surface area (Å²) in [6.45, 7) is 1.73. The first-order valence-corrected chi connectivity index (χ1v) is 8.66. The Balaban J connectivity index is 2.19. The maximum Gasteiger partial charge on any atom is 0.255 e. The molecule has 1 aromatic heterocycles. The molecule has 0 aliphatic carbocycles. The Morgan fingerprint density at radius 2 is 2.35 bits per heavy atom. The third-order valence-electron chi connectivity index (χ3n) is 3.23. The Kier molecular flexibility index (Phi) is 5.86. The molecule has 4 nitrogen and oxygen atoms in total. The van der Waals surface area contributed by atoms with E-state index in [0.717, 1.165) is 35.5 Å². The number of hydrogen-bond donors (Lipinski definition) is 0. The second-order valence-electron chi connectivity index (χ2n) is 5.23. The summed E-state index contributed by atoms with van der Waals surface area (Å²) in [7, 11) is 4.11. The molecule has 1 saturated heterocycles. The molecule has 1 aliphatic heterocycles.